The van der Waals surface area contributed by atoms with Crippen molar-refractivity contribution in [2.45, 2.75) is 219 Å². The van der Waals surface area contributed by atoms with Crippen molar-refractivity contribution in [2.75, 3.05) is 19.8 Å². The van der Waals surface area contributed by atoms with E-state index in [0.717, 1.165) is 96.3 Å². The van der Waals surface area contributed by atoms with Crippen molar-refractivity contribution in [3.05, 3.63) is 85.1 Å². The van der Waals surface area contributed by atoms with E-state index >= 15 is 0 Å². The fourth-order valence-corrected chi connectivity index (χ4v) is 6.33. The van der Waals surface area contributed by atoms with Crippen LogP contribution in [0.3, 0.4) is 0 Å². The fourth-order valence-electron chi connectivity index (χ4n) is 6.33. The number of unbranched alkanes of at least 4 members (excludes halogenated alkanes) is 18. The molecule has 0 amide bonds. The maximum Gasteiger partial charge on any atom is 0.306 e. The third-order valence-electron chi connectivity index (χ3n) is 9.92. The van der Waals surface area contributed by atoms with Gasteiger partial charge in [-0.2, -0.15) is 0 Å². The van der Waals surface area contributed by atoms with Crippen LogP contribution in [0.1, 0.15) is 213 Å². The lowest BCUT2D eigenvalue weighted by atomic mass is 10.1. The molecule has 0 fully saturated rings. The average Bonchev–Trinajstić information content (AvgIpc) is 3.22. The first-order valence-corrected chi connectivity index (χ1v) is 24.1. The molecule has 0 aromatic rings. The van der Waals surface area contributed by atoms with Gasteiger partial charge >= 0.3 is 11.9 Å². The van der Waals surface area contributed by atoms with Crippen molar-refractivity contribution in [1.82, 2.24) is 0 Å². The number of hydrogen-bond donors (Lipinski definition) is 0. The lowest BCUT2D eigenvalue weighted by Crippen LogP contribution is -2.30. The van der Waals surface area contributed by atoms with Gasteiger partial charge in [0.25, 0.3) is 0 Å². The second kappa shape index (κ2) is 48.4. The Bertz CT molecular complexity index is 1090. The Balaban J connectivity index is 4.12. The van der Waals surface area contributed by atoms with Gasteiger partial charge in [0.05, 0.1) is 6.61 Å². The van der Waals surface area contributed by atoms with Gasteiger partial charge in [-0.3, -0.25) is 9.59 Å². The summed E-state index contributed by atoms with van der Waals surface area (Å²) in [5.74, 6) is -0.453. The first-order valence-electron chi connectivity index (χ1n) is 24.1. The van der Waals surface area contributed by atoms with Crippen molar-refractivity contribution < 1.29 is 23.8 Å². The van der Waals surface area contributed by atoms with Crippen LogP contribution >= 0.6 is 0 Å². The van der Waals surface area contributed by atoms with E-state index in [1.165, 1.54) is 83.5 Å². The molecule has 0 aromatic heterocycles. The highest BCUT2D eigenvalue weighted by molar-refractivity contribution is 5.70. The lowest BCUT2D eigenvalue weighted by molar-refractivity contribution is -0.163. The maximum absolute atomic E-state index is 12.6. The van der Waals surface area contributed by atoms with Crippen LogP contribution in [0.4, 0.5) is 0 Å². The topological polar surface area (TPSA) is 61.8 Å². The standard InChI is InChI=1S/C53H90O5/c1-4-7-10-13-15-17-19-21-23-25-27-28-30-32-34-36-38-41-43-46-52(54)57-50-51(58-53(55)47-44-40-12-9-6-3)49-56-48-45-42-39-37-35-33-31-29-26-24-22-20-18-16-14-11-8-5-2/h7,10,15-18,21-24,27-28,32,34,51H,4-6,8-9,11-14,19-20,25-26,29-31,33,35-50H2,1-3H3/b10-7-,17-15-,18-16-,23-21-,24-22-,28-27-,34-32-. The van der Waals surface area contributed by atoms with E-state index in [1.807, 2.05) is 0 Å². The Labute approximate surface area is 359 Å². The molecule has 5 nitrogen and oxygen atoms in total. The van der Waals surface area contributed by atoms with E-state index in [9.17, 15) is 9.59 Å². The van der Waals surface area contributed by atoms with E-state index < -0.39 is 6.10 Å². The minimum atomic E-state index is -0.552. The highest BCUT2D eigenvalue weighted by Crippen LogP contribution is 2.12. The van der Waals surface area contributed by atoms with E-state index in [0.29, 0.717) is 19.4 Å². The SMILES string of the molecule is CC/C=C\C/C=C\C/C=C\C/C=C\C/C=C\CCCCCC(=O)OCC(COCCCCCCCCCC/C=C\C/C=C\CCCCC)OC(=O)CCCCCCC. The van der Waals surface area contributed by atoms with Gasteiger partial charge < -0.3 is 14.2 Å². The number of ether oxygens (including phenoxy) is 3. The van der Waals surface area contributed by atoms with Gasteiger partial charge in [-0.1, -0.05) is 189 Å². The van der Waals surface area contributed by atoms with Gasteiger partial charge in [0.2, 0.25) is 0 Å². The van der Waals surface area contributed by atoms with E-state index in [2.05, 4.69) is 106 Å². The zero-order valence-corrected chi connectivity index (χ0v) is 38.0. The van der Waals surface area contributed by atoms with Gasteiger partial charge in [0.1, 0.15) is 6.61 Å². The van der Waals surface area contributed by atoms with Gasteiger partial charge in [0, 0.05) is 19.4 Å². The fraction of sp³-hybridized carbons (Fsp3) is 0.698. The molecule has 0 rings (SSSR count). The molecular formula is C53H90O5. The summed E-state index contributed by atoms with van der Waals surface area (Å²) in [5.41, 5.74) is 0. The molecule has 332 valence electrons. The molecule has 0 spiro atoms. The Kier molecular flexibility index (Phi) is 46.0. The molecule has 0 aliphatic carbocycles. The molecule has 0 saturated heterocycles. The lowest BCUT2D eigenvalue weighted by Gasteiger charge is -2.18. The number of carbonyl (C=O) groups is 2. The van der Waals surface area contributed by atoms with Crippen molar-refractivity contribution in [3.63, 3.8) is 0 Å². The van der Waals surface area contributed by atoms with Crippen LogP contribution in [-0.2, 0) is 23.8 Å². The third-order valence-corrected chi connectivity index (χ3v) is 9.92. The molecular weight excluding hydrogens is 717 g/mol. The van der Waals surface area contributed by atoms with Crippen molar-refractivity contribution in [2.24, 2.45) is 0 Å². The smallest absolute Gasteiger partial charge is 0.306 e. The van der Waals surface area contributed by atoms with E-state index in [4.69, 9.17) is 14.2 Å². The Morgan fingerprint density at radius 2 is 0.776 bits per heavy atom. The Hall–Kier alpha value is -2.92. The maximum atomic E-state index is 12.6. The van der Waals surface area contributed by atoms with Crippen LogP contribution in [0.2, 0.25) is 0 Å². The number of esters is 2. The largest absolute Gasteiger partial charge is 0.462 e. The summed E-state index contributed by atoms with van der Waals surface area (Å²) in [6.45, 7) is 7.56. The molecule has 0 N–H and O–H groups in total. The van der Waals surface area contributed by atoms with Crippen molar-refractivity contribution in [3.8, 4) is 0 Å². The highest BCUT2D eigenvalue weighted by Gasteiger charge is 2.17. The molecule has 58 heavy (non-hydrogen) atoms. The Morgan fingerprint density at radius 3 is 1.29 bits per heavy atom. The van der Waals surface area contributed by atoms with Gasteiger partial charge in [-0.05, 0) is 96.3 Å². The highest BCUT2D eigenvalue weighted by atomic mass is 16.6. The monoisotopic (exact) mass is 807 g/mol. The molecule has 0 aliphatic heterocycles. The number of allylic oxidation sites excluding steroid dienone is 14. The van der Waals surface area contributed by atoms with Crippen LogP contribution in [0.5, 0.6) is 0 Å². The summed E-state index contributed by atoms with van der Waals surface area (Å²) >= 11 is 0. The molecule has 0 radical (unpaired) electrons. The molecule has 5 heteroatoms. The molecule has 0 aliphatic rings. The molecule has 1 unspecified atom stereocenters. The van der Waals surface area contributed by atoms with Crippen molar-refractivity contribution in [1.29, 1.82) is 0 Å². The number of carbonyl (C=O) groups excluding carboxylic acids is 2. The van der Waals surface area contributed by atoms with E-state index in [1.54, 1.807) is 0 Å². The normalized spacial score (nSPS) is 12.9. The van der Waals surface area contributed by atoms with Crippen LogP contribution in [0.15, 0.2) is 85.1 Å². The zero-order valence-electron chi connectivity index (χ0n) is 38.0. The van der Waals surface area contributed by atoms with Crippen LogP contribution in [0.25, 0.3) is 0 Å². The molecule has 0 saturated carbocycles. The second-order valence-electron chi connectivity index (χ2n) is 15.6. The van der Waals surface area contributed by atoms with Crippen LogP contribution in [0, 0.1) is 0 Å². The number of hydrogen-bond acceptors (Lipinski definition) is 5. The summed E-state index contributed by atoms with van der Waals surface area (Å²) < 4.78 is 17.2. The molecule has 0 bridgehead atoms. The first kappa shape index (κ1) is 55.1. The summed E-state index contributed by atoms with van der Waals surface area (Å²) in [4.78, 5) is 25.1. The first-order chi connectivity index (χ1) is 28.6. The predicted molar refractivity (Wildman–Crippen MR) is 251 cm³/mol. The average molecular weight is 807 g/mol. The predicted octanol–water partition coefficient (Wildman–Crippen LogP) is 16.1. The second-order valence-corrected chi connectivity index (χ2v) is 15.6. The third kappa shape index (κ3) is 45.8. The Morgan fingerprint density at radius 1 is 0.397 bits per heavy atom. The molecule has 0 heterocycles. The summed E-state index contributed by atoms with van der Waals surface area (Å²) in [6, 6.07) is 0. The van der Waals surface area contributed by atoms with Crippen LogP contribution < -0.4 is 0 Å². The zero-order chi connectivity index (χ0) is 42.1. The van der Waals surface area contributed by atoms with Crippen LogP contribution in [-0.4, -0.2) is 37.9 Å². The minimum Gasteiger partial charge on any atom is -0.462 e. The summed E-state index contributed by atoms with van der Waals surface area (Å²) in [7, 11) is 0. The van der Waals surface area contributed by atoms with Gasteiger partial charge in [0.15, 0.2) is 6.10 Å². The number of rotatable bonds is 43. The molecule has 0 aromatic carbocycles. The summed E-state index contributed by atoms with van der Waals surface area (Å²) in [6.07, 6.45) is 63.3. The van der Waals surface area contributed by atoms with Crippen molar-refractivity contribution >= 4 is 11.9 Å². The van der Waals surface area contributed by atoms with E-state index in [-0.39, 0.29) is 25.2 Å². The molecule has 1 atom stereocenters. The summed E-state index contributed by atoms with van der Waals surface area (Å²) in [5, 5.41) is 0. The van der Waals surface area contributed by atoms with Gasteiger partial charge in [-0.15, -0.1) is 0 Å². The quantitative estimate of drug-likeness (QED) is 0.0349. The minimum absolute atomic E-state index is 0.0619. The van der Waals surface area contributed by atoms with Gasteiger partial charge in [-0.25, -0.2) is 0 Å².